The molecule has 2 fully saturated rings. The summed E-state index contributed by atoms with van der Waals surface area (Å²) in [6.07, 6.45) is -15.4. The van der Waals surface area contributed by atoms with Gasteiger partial charge in [-0.15, -0.1) is 0 Å². The largest absolute Gasteiger partial charge is 0.458 e. The first-order valence-corrected chi connectivity index (χ1v) is 13.2. The molecule has 14 nitrogen and oxygen atoms in total. The van der Waals surface area contributed by atoms with Gasteiger partial charge in [-0.3, -0.25) is 4.79 Å². The van der Waals surface area contributed by atoms with E-state index in [0.717, 1.165) is 0 Å². The summed E-state index contributed by atoms with van der Waals surface area (Å²) in [5, 5.41) is 61.9. The molecule has 2 saturated heterocycles. The lowest BCUT2D eigenvalue weighted by Crippen LogP contribution is -2.64. The quantitative estimate of drug-likeness (QED) is 0.0944. The van der Waals surface area contributed by atoms with Crippen LogP contribution >= 0.6 is 0 Å². The van der Waals surface area contributed by atoms with E-state index in [1.54, 1.807) is 18.2 Å². The first-order chi connectivity index (χ1) is 20.1. The summed E-state index contributed by atoms with van der Waals surface area (Å²) >= 11 is 0. The van der Waals surface area contributed by atoms with Gasteiger partial charge in [0.25, 0.3) is 0 Å². The minimum atomic E-state index is -1.76. The van der Waals surface area contributed by atoms with Crippen LogP contribution in [0.1, 0.15) is 6.92 Å². The fourth-order valence-electron chi connectivity index (χ4n) is 5.26. The predicted molar refractivity (Wildman–Crippen MR) is 142 cm³/mol. The molecule has 0 bridgehead atoms. The molecule has 2 aromatic carbocycles. The monoisotopic (exact) mass is 588 g/mol. The molecule has 4 aromatic rings. The Hall–Kier alpha value is -3.44. The van der Waals surface area contributed by atoms with Gasteiger partial charge < -0.3 is 58.4 Å². The minimum absolute atomic E-state index is 0.0447. The van der Waals surface area contributed by atoms with Gasteiger partial charge in [-0.2, -0.15) is 0 Å². The third-order valence-electron chi connectivity index (χ3n) is 7.59. The Labute approximate surface area is 235 Å². The van der Waals surface area contributed by atoms with Crippen LogP contribution in [0.25, 0.3) is 32.9 Å². The van der Waals surface area contributed by atoms with Crippen LogP contribution in [-0.4, -0.2) is 98.7 Å². The van der Waals surface area contributed by atoms with Crippen molar-refractivity contribution in [1.82, 2.24) is 0 Å². The maximum Gasteiger partial charge on any atom is 0.351 e. The maximum atomic E-state index is 13.1. The van der Waals surface area contributed by atoms with Crippen LogP contribution in [0.4, 0.5) is 0 Å². The molecule has 4 heterocycles. The molecule has 0 aliphatic carbocycles. The van der Waals surface area contributed by atoms with Gasteiger partial charge in [0.05, 0.1) is 23.5 Å². The van der Waals surface area contributed by atoms with Crippen LogP contribution < -0.4 is 15.8 Å². The standard InChI is InChI=1S/C28H28O14/c1-10-17(30)20(33)22(35)27(37-10)42-25-21(34)19(32)15(9-29)40-28(25)39-14-8-4-6-12-23(14)41-26(36)16-18(31)11-5-2-3-7-13(11)38-24(12)16/h2-8,10,15,17,19-22,25,27-30,32-35H,9H2,1H3/t10-,15+,17-,19+,20+,21-,22+,25+,27+,28-/m0/s1. The smallest absolute Gasteiger partial charge is 0.351 e. The van der Waals surface area contributed by atoms with Gasteiger partial charge in [-0.25, -0.2) is 4.79 Å². The molecule has 2 aliphatic heterocycles. The Bertz CT molecular complexity index is 1730. The van der Waals surface area contributed by atoms with Crippen molar-refractivity contribution in [2.75, 3.05) is 6.61 Å². The Morgan fingerprint density at radius 1 is 0.762 bits per heavy atom. The second-order valence-electron chi connectivity index (χ2n) is 10.3. The molecule has 0 amide bonds. The number of aliphatic hydroxyl groups is 6. The molecule has 6 rings (SSSR count). The average molecular weight is 589 g/mol. The molecular formula is C28H28O14. The first kappa shape index (κ1) is 28.7. The molecule has 2 aromatic heterocycles. The number of hydrogen-bond donors (Lipinski definition) is 6. The highest BCUT2D eigenvalue weighted by molar-refractivity contribution is 6.04. The van der Waals surface area contributed by atoms with Gasteiger partial charge in [0, 0.05) is 0 Å². The number of aliphatic hydroxyl groups excluding tert-OH is 6. The fourth-order valence-corrected chi connectivity index (χ4v) is 5.26. The zero-order valence-corrected chi connectivity index (χ0v) is 22.0. The summed E-state index contributed by atoms with van der Waals surface area (Å²) in [5.41, 5.74) is -1.51. The van der Waals surface area contributed by atoms with E-state index in [9.17, 15) is 40.2 Å². The van der Waals surface area contributed by atoms with E-state index in [1.807, 2.05) is 0 Å². The van der Waals surface area contributed by atoms with Gasteiger partial charge in [-0.1, -0.05) is 18.2 Å². The van der Waals surface area contributed by atoms with E-state index < -0.39 is 79.1 Å². The summed E-state index contributed by atoms with van der Waals surface area (Å²) in [5.74, 6) is -0.116. The minimum Gasteiger partial charge on any atom is -0.458 e. The highest BCUT2D eigenvalue weighted by Gasteiger charge is 2.51. The van der Waals surface area contributed by atoms with E-state index in [4.69, 9.17) is 27.8 Å². The van der Waals surface area contributed by atoms with E-state index >= 15 is 0 Å². The normalized spacial score (nSPS) is 33.8. The Balaban J connectivity index is 1.41. The number of ether oxygens (including phenoxy) is 4. The topological polar surface area (TPSA) is 219 Å². The summed E-state index contributed by atoms with van der Waals surface area (Å²) in [6.45, 7) is 0.710. The first-order valence-electron chi connectivity index (χ1n) is 13.2. The van der Waals surface area contributed by atoms with Crippen molar-refractivity contribution < 1.29 is 58.4 Å². The van der Waals surface area contributed by atoms with E-state index in [1.165, 1.54) is 31.2 Å². The molecule has 10 atom stereocenters. The predicted octanol–water partition coefficient (Wildman–Crippen LogP) is -0.917. The van der Waals surface area contributed by atoms with Crippen LogP contribution in [0, 0.1) is 0 Å². The number of hydrogen-bond acceptors (Lipinski definition) is 14. The van der Waals surface area contributed by atoms with Gasteiger partial charge in [0.15, 0.2) is 34.7 Å². The Morgan fingerprint density at radius 3 is 2.26 bits per heavy atom. The van der Waals surface area contributed by atoms with Gasteiger partial charge in [0.2, 0.25) is 11.7 Å². The SMILES string of the molecule is C[C@@H]1O[C@H](O[C@H]2[C@@H](Oc3cccc4c3oc(=O)c3c(=O)c5ccccc5oc34)O[C@H](CO)[C@@H](O)[C@@H]2O)[C@H](O)[C@H](O)[C@H]1O. The lowest BCUT2D eigenvalue weighted by molar-refractivity contribution is -0.354. The van der Waals surface area contributed by atoms with Crippen molar-refractivity contribution in [3.63, 3.8) is 0 Å². The zero-order valence-electron chi connectivity index (χ0n) is 22.0. The van der Waals surface area contributed by atoms with Gasteiger partial charge >= 0.3 is 5.63 Å². The molecule has 0 saturated carbocycles. The highest BCUT2D eigenvalue weighted by atomic mass is 16.8. The van der Waals surface area contributed by atoms with Crippen molar-refractivity contribution in [3.8, 4) is 5.75 Å². The Morgan fingerprint density at radius 2 is 1.50 bits per heavy atom. The summed E-state index contributed by atoms with van der Waals surface area (Å²) in [6, 6.07) is 10.9. The highest BCUT2D eigenvalue weighted by Crippen LogP contribution is 2.35. The zero-order chi connectivity index (χ0) is 29.9. The second-order valence-corrected chi connectivity index (χ2v) is 10.3. The van der Waals surface area contributed by atoms with Gasteiger partial charge in [0.1, 0.15) is 42.2 Å². The van der Waals surface area contributed by atoms with Crippen LogP contribution in [-0.2, 0) is 14.2 Å². The van der Waals surface area contributed by atoms with E-state index in [2.05, 4.69) is 0 Å². The molecule has 224 valence electrons. The third kappa shape index (κ3) is 4.66. The van der Waals surface area contributed by atoms with Crippen LogP contribution in [0.2, 0.25) is 0 Å². The number of fused-ring (bicyclic) bond motifs is 4. The van der Waals surface area contributed by atoms with E-state index in [0.29, 0.717) is 0 Å². The summed E-state index contributed by atoms with van der Waals surface area (Å²) in [4.78, 5) is 26.1. The molecule has 6 N–H and O–H groups in total. The molecule has 14 heteroatoms. The number of rotatable bonds is 5. The van der Waals surface area contributed by atoms with Crippen molar-refractivity contribution >= 4 is 32.9 Å². The van der Waals surface area contributed by atoms with Crippen LogP contribution in [0.3, 0.4) is 0 Å². The van der Waals surface area contributed by atoms with E-state index in [-0.39, 0.29) is 38.7 Å². The van der Waals surface area contributed by atoms with Crippen molar-refractivity contribution in [2.45, 2.75) is 68.3 Å². The van der Waals surface area contributed by atoms with Crippen molar-refractivity contribution in [1.29, 1.82) is 0 Å². The molecule has 2 aliphatic rings. The maximum absolute atomic E-state index is 13.1. The summed E-state index contributed by atoms with van der Waals surface area (Å²) in [7, 11) is 0. The number of para-hydroxylation sites is 2. The third-order valence-corrected chi connectivity index (χ3v) is 7.59. The van der Waals surface area contributed by atoms with Gasteiger partial charge in [-0.05, 0) is 31.2 Å². The Kier molecular flexibility index (Phi) is 7.51. The molecule has 0 radical (unpaired) electrons. The molecule has 0 spiro atoms. The number of benzene rings is 2. The van der Waals surface area contributed by atoms with Crippen LogP contribution in [0.15, 0.2) is 60.9 Å². The molecular weight excluding hydrogens is 560 g/mol. The average Bonchev–Trinajstić information content (AvgIpc) is 2.98. The van der Waals surface area contributed by atoms with Crippen molar-refractivity contribution in [2.24, 2.45) is 0 Å². The molecule has 42 heavy (non-hydrogen) atoms. The summed E-state index contributed by atoms with van der Waals surface area (Å²) < 4.78 is 34.3. The molecule has 0 unspecified atom stereocenters. The lowest BCUT2D eigenvalue weighted by atomic mass is 9.97. The second kappa shape index (κ2) is 11.0. The fraction of sp³-hybridized carbons (Fsp3) is 0.429. The van der Waals surface area contributed by atoms with Crippen molar-refractivity contribution in [3.05, 3.63) is 63.1 Å². The lowest BCUT2D eigenvalue weighted by Gasteiger charge is -2.45. The van der Waals surface area contributed by atoms with Crippen LogP contribution in [0.5, 0.6) is 5.75 Å².